The Morgan fingerprint density at radius 2 is 1.80 bits per heavy atom. The van der Waals surface area contributed by atoms with Gasteiger partial charge in [0.05, 0.1) is 0 Å². The molecule has 0 unspecified atom stereocenters. The molecule has 0 radical (unpaired) electrons. The van der Waals surface area contributed by atoms with Gasteiger partial charge in [-0.05, 0) is 62.7 Å². The van der Waals surface area contributed by atoms with E-state index in [1.54, 1.807) is 0 Å². The van der Waals surface area contributed by atoms with E-state index in [9.17, 15) is 4.79 Å². The van der Waals surface area contributed by atoms with E-state index in [2.05, 4.69) is 12.2 Å². The molecule has 4 nitrogen and oxygen atoms in total. The number of hydrogen-bond acceptors (Lipinski definition) is 3. The van der Waals surface area contributed by atoms with Gasteiger partial charge in [0.25, 0.3) is 5.91 Å². The largest absolute Gasteiger partial charge is 0.457 e. The third-order valence-corrected chi connectivity index (χ3v) is 4.53. The molecule has 0 atom stereocenters. The van der Waals surface area contributed by atoms with Crippen LogP contribution in [-0.4, -0.2) is 36.5 Å². The lowest BCUT2D eigenvalue weighted by Crippen LogP contribution is -2.46. The van der Waals surface area contributed by atoms with Gasteiger partial charge < -0.3 is 15.0 Å². The molecule has 1 N–H and O–H groups in total. The number of ether oxygens (including phenoxy) is 1. The predicted octanol–water partition coefficient (Wildman–Crippen LogP) is 4.08. The summed E-state index contributed by atoms with van der Waals surface area (Å²) in [7, 11) is 0. The second kappa shape index (κ2) is 8.67. The molecule has 0 spiro atoms. The van der Waals surface area contributed by atoms with E-state index in [4.69, 9.17) is 4.74 Å². The van der Waals surface area contributed by atoms with Crippen LogP contribution in [0.25, 0.3) is 0 Å². The third kappa shape index (κ3) is 4.60. The number of para-hydroxylation sites is 1. The van der Waals surface area contributed by atoms with Crippen LogP contribution in [0.1, 0.15) is 36.5 Å². The lowest BCUT2D eigenvalue weighted by atomic mass is 10.0. The quantitative estimate of drug-likeness (QED) is 0.863. The van der Waals surface area contributed by atoms with Crippen molar-refractivity contribution in [3.63, 3.8) is 0 Å². The molecule has 0 bridgehead atoms. The number of piperidine rings is 1. The summed E-state index contributed by atoms with van der Waals surface area (Å²) in [5.41, 5.74) is 0.695. The van der Waals surface area contributed by atoms with Crippen LogP contribution >= 0.6 is 0 Å². The molecule has 2 aromatic carbocycles. The van der Waals surface area contributed by atoms with Crippen LogP contribution in [0.4, 0.5) is 0 Å². The van der Waals surface area contributed by atoms with Gasteiger partial charge in [-0.2, -0.15) is 0 Å². The minimum atomic E-state index is 0.104. The van der Waals surface area contributed by atoms with Gasteiger partial charge in [0.2, 0.25) is 0 Å². The Hall–Kier alpha value is -2.33. The van der Waals surface area contributed by atoms with Crippen LogP contribution in [0, 0.1) is 0 Å². The molecule has 4 heteroatoms. The monoisotopic (exact) mass is 338 g/mol. The van der Waals surface area contributed by atoms with Crippen molar-refractivity contribution >= 4 is 5.91 Å². The van der Waals surface area contributed by atoms with Gasteiger partial charge in [-0.15, -0.1) is 0 Å². The molecule has 2 aromatic rings. The first kappa shape index (κ1) is 17.5. The summed E-state index contributed by atoms with van der Waals surface area (Å²) >= 11 is 0. The second-order valence-corrected chi connectivity index (χ2v) is 6.42. The number of carbonyl (C=O) groups is 1. The number of benzene rings is 2. The van der Waals surface area contributed by atoms with E-state index in [0.717, 1.165) is 44.6 Å². The molecular weight excluding hydrogens is 312 g/mol. The van der Waals surface area contributed by atoms with Crippen LogP contribution in [0.2, 0.25) is 0 Å². The number of carbonyl (C=O) groups excluding carboxylic acids is 1. The van der Waals surface area contributed by atoms with Gasteiger partial charge in [0.1, 0.15) is 11.5 Å². The Bertz CT molecular complexity index is 681. The van der Waals surface area contributed by atoms with Crippen molar-refractivity contribution in [2.45, 2.75) is 32.2 Å². The number of rotatable bonds is 6. The highest BCUT2D eigenvalue weighted by molar-refractivity contribution is 5.94. The average Bonchev–Trinajstić information content (AvgIpc) is 2.67. The molecule has 1 aliphatic heterocycles. The maximum absolute atomic E-state index is 13.1. The molecule has 25 heavy (non-hydrogen) atoms. The first-order chi connectivity index (χ1) is 12.3. The van der Waals surface area contributed by atoms with Crippen molar-refractivity contribution < 1.29 is 9.53 Å². The minimum Gasteiger partial charge on any atom is -0.457 e. The van der Waals surface area contributed by atoms with Crippen molar-refractivity contribution in [1.82, 2.24) is 10.2 Å². The standard InChI is InChI=1S/C21H26N2O2/c1-2-15-23(18-11-13-22-14-12-18)21(24)17-7-6-10-20(16-17)25-19-8-4-3-5-9-19/h3-10,16,18,22H,2,11-15H2,1H3. The molecule has 3 rings (SSSR count). The van der Waals surface area contributed by atoms with Gasteiger partial charge in [-0.25, -0.2) is 0 Å². The van der Waals surface area contributed by atoms with E-state index in [1.807, 2.05) is 59.5 Å². The first-order valence-electron chi connectivity index (χ1n) is 9.12. The van der Waals surface area contributed by atoms with Crippen LogP contribution in [0.15, 0.2) is 54.6 Å². The van der Waals surface area contributed by atoms with Gasteiger partial charge >= 0.3 is 0 Å². The Balaban J connectivity index is 1.76. The molecule has 1 saturated heterocycles. The fourth-order valence-electron chi connectivity index (χ4n) is 3.29. The maximum Gasteiger partial charge on any atom is 0.254 e. The predicted molar refractivity (Wildman–Crippen MR) is 100 cm³/mol. The van der Waals surface area contributed by atoms with Gasteiger partial charge in [0.15, 0.2) is 0 Å². The average molecular weight is 338 g/mol. The zero-order chi connectivity index (χ0) is 17.5. The summed E-state index contributed by atoms with van der Waals surface area (Å²) in [5, 5.41) is 3.37. The SMILES string of the molecule is CCCN(C(=O)c1cccc(Oc2ccccc2)c1)C1CCNCC1. The minimum absolute atomic E-state index is 0.104. The summed E-state index contributed by atoms with van der Waals surface area (Å²) in [5.74, 6) is 1.57. The van der Waals surface area contributed by atoms with Gasteiger partial charge in [0, 0.05) is 18.2 Å². The van der Waals surface area contributed by atoms with E-state index in [0.29, 0.717) is 17.4 Å². The molecule has 0 aliphatic carbocycles. The zero-order valence-electron chi connectivity index (χ0n) is 14.8. The number of nitrogens with zero attached hydrogens (tertiary/aromatic N) is 1. The Kier molecular flexibility index (Phi) is 6.07. The summed E-state index contributed by atoms with van der Waals surface area (Å²) in [6.45, 7) is 4.88. The third-order valence-electron chi connectivity index (χ3n) is 4.53. The highest BCUT2D eigenvalue weighted by Crippen LogP contribution is 2.23. The van der Waals surface area contributed by atoms with E-state index >= 15 is 0 Å². The number of nitrogens with one attached hydrogen (secondary N) is 1. The van der Waals surface area contributed by atoms with Crippen molar-refractivity contribution in [3.8, 4) is 11.5 Å². The maximum atomic E-state index is 13.1. The second-order valence-electron chi connectivity index (χ2n) is 6.42. The van der Waals surface area contributed by atoms with Crippen molar-refractivity contribution in [2.75, 3.05) is 19.6 Å². The summed E-state index contributed by atoms with van der Waals surface area (Å²) in [6.07, 6.45) is 3.01. The fraction of sp³-hybridized carbons (Fsp3) is 0.381. The summed E-state index contributed by atoms with van der Waals surface area (Å²) in [6, 6.07) is 17.5. The highest BCUT2D eigenvalue weighted by Gasteiger charge is 2.25. The van der Waals surface area contributed by atoms with Gasteiger partial charge in [-0.1, -0.05) is 31.2 Å². The molecule has 132 valence electrons. The summed E-state index contributed by atoms with van der Waals surface area (Å²) in [4.78, 5) is 15.1. The highest BCUT2D eigenvalue weighted by atomic mass is 16.5. The van der Waals surface area contributed by atoms with Crippen LogP contribution in [-0.2, 0) is 0 Å². The topological polar surface area (TPSA) is 41.6 Å². The first-order valence-corrected chi connectivity index (χ1v) is 9.12. The van der Waals surface area contributed by atoms with E-state index in [1.165, 1.54) is 0 Å². The van der Waals surface area contributed by atoms with Crippen molar-refractivity contribution in [3.05, 3.63) is 60.2 Å². The molecule has 1 amide bonds. The lowest BCUT2D eigenvalue weighted by Gasteiger charge is -2.34. The Labute approximate surface area is 149 Å². The molecule has 1 fully saturated rings. The fourth-order valence-corrected chi connectivity index (χ4v) is 3.29. The number of amides is 1. The molecular formula is C21H26N2O2. The lowest BCUT2D eigenvalue weighted by molar-refractivity contribution is 0.0642. The van der Waals surface area contributed by atoms with Crippen LogP contribution < -0.4 is 10.1 Å². The van der Waals surface area contributed by atoms with Crippen molar-refractivity contribution in [1.29, 1.82) is 0 Å². The zero-order valence-corrected chi connectivity index (χ0v) is 14.8. The van der Waals surface area contributed by atoms with Gasteiger partial charge in [-0.3, -0.25) is 4.79 Å². The van der Waals surface area contributed by atoms with E-state index in [-0.39, 0.29) is 5.91 Å². The smallest absolute Gasteiger partial charge is 0.254 e. The number of hydrogen-bond donors (Lipinski definition) is 1. The summed E-state index contributed by atoms with van der Waals surface area (Å²) < 4.78 is 5.87. The van der Waals surface area contributed by atoms with Crippen LogP contribution in [0.5, 0.6) is 11.5 Å². The van der Waals surface area contributed by atoms with Crippen molar-refractivity contribution in [2.24, 2.45) is 0 Å². The Morgan fingerprint density at radius 1 is 1.08 bits per heavy atom. The molecule has 0 saturated carbocycles. The Morgan fingerprint density at radius 3 is 2.52 bits per heavy atom. The normalized spacial score (nSPS) is 14.9. The molecule has 1 heterocycles. The van der Waals surface area contributed by atoms with E-state index < -0.39 is 0 Å². The molecule has 1 aliphatic rings. The van der Waals surface area contributed by atoms with Crippen LogP contribution in [0.3, 0.4) is 0 Å². The molecule has 0 aromatic heterocycles.